The fourth-order valence-corrected chi connectivity index (χ4v) is 2.14. The number of aromatic nitrogens is 1. The molecule has 19 heavy (non-hydrogen) atoms. The van der Waals surface area contributed by atoms with Crippen molar-refractivity contribution in [3.05, 3.63) is 29.3 Å². The molecule has 2 aromatic rings. The van der Waals surface area contributed by atoms with Crippen molar-refractivity contribution >= 4 is 23.2 Å². The third kappa shape index (κ3) is 3.19. The molecular weight excluding hydrogens is 268 g/mol. The first-order chi connectivity index (χ1) is 9.08. The van der Waals surface area contributed by atoms with Gasteiger partial charge in [0.15, 0.2) is 11.5 Å². The third-order valence-corrected chi connectivity index (χ3v) is 3.39. The quantitative estimate of drug-likeness (QED) is 0.905. The molecule has 1 N–H and O–H groups in total. The molecule has 0 saturated heterocycles. The van der Waals surface area contributed by atoms with Crippen molar-refractivity contribution in [1.82, 2.24) is 10.1 Å². The zero-order valence-corrected chi connectivity index (χ0v) is 11.0. The molecule has 0 aliphatic carbocycles. The van der Waals surface area contributed by atoms with E-state index >= 15 is 0 Å². The summed E-state index contributed by atoms with van der Waals surface area (Å²) in [6.07, 6.45) is -0.0993. The summed E-state index contributed by atoms with van der Waals surface area (Å²) in [5.41, 5.74) is 0.177. The van der Waals surface area contributed by atoms with Crippen LogP contribution in [-0.2, 0) is 4.79 Å². The highest BCUT2D eigenvalue weighted by Gasteiger charge is 2.18. The van der Waals surface area contributed by atoms with Crippen molar-refractivity contribution in [2.45, 2.75) is 6.42 Å². The molecule has 0 spiro atoms. The minimum atomic E-state index is -0.945. The van der Waals surface area contributed by atoms with E-state index < -0.39 is 5.97 Å². The summed E-state index contributed by atoms with van der Waals surface area (Å²) in [5, 5.41) is 14.2. The largest absolute Gasteiger partial charge is 0.481 e. The highest BCUT2D eigenvalue weighted by molar-refractivity contribution is 7.13. The van der Waals surface area contributed by atoms with E-state index in [9.17, 15) is 9.59 Å². The minimum Gasteiger partial charge on any atom is -0.481 e. The predicted molar refractivity (Wildman–Crippen MR) is 69.0 cm³/mol. The van der Waals surface area contributed by atoms with Gasteiger partial charge in [0.1, 0.15) is 0 Å². The summed E-state index contributed by atoms with van der Waals surface area (Å²) in [6, 6.07) is 5.31. The lowest BCUT2D eigenvalue weighted by molar-refractivity contribution is -0.137. The van der Waals surface area contributed by atoms with Gasteiger partial charge in [-0.15, -0.1) is 11.3 Å². The van der Waals surface area contributed by atoms with Crippen LogP contribution < -0.4 is 0 Å². The van der Waals surface area contributed by atoms with Gasteiger partial charge in [-0.3, -0.25) is 9.59 Å². The first kappa shape index (κ1) is 13.3. The van der Waals surface area contributed by atoms with Crippen molar-refractivity contribution in [1.29, 1.82) is 0 Å². The second-order valence-corrected chi connectivity index (χ2v) is 4.87. The maximum absolute atomic E-state index is 12.0. The van der Waals surface area contributed by atoms with Crippen LogP contribution in [0.2, 0.25) is 0 Å². The van der Waals surface area contributed by atoms with Crippen LogP contribution in [0.3, 0.4) is 0 Å². The molecule has 0 bridgehead atoms. The van der Waals surface area contributed by atoms with E-state index in [1.54, 1.807) is 6.07 Å². The number of nitrogens with zero attached hydrogens (tertiary/aromatic N) is 2. The highest BCUT2D eigenvalue weighted by atomic mass is 32.1. The lowest BCUT2D eigenvalue weighted by Gasteiger charge is -2.13. The number of carbonyl (C=O) groups is 2. The highest BCUT2D eigenvalue weighted by Crippen LogP contribution is 2.25. The minimum absolute atomic E-state index is 0.0993. The van der Waals surface area contributed by atoms with Gasteiger partial charge >= 0.3 is 5.97 Å². The van der Waals surface area contributed by atoms with Gasteiger partial charge in [-0.2, -0.15) is 0 Å². The lowest BCUT2D eigenvalue weighted by Crippen LogP contribution is -2.29. The normalized spacial score (nSPS) is 10.4. The number of amides is 1. The van der Waals surface area contributed by atoms with Crippen LogP contribution in [0.5, 0.6) is 0 Å². The number of carboxylic acids is 1. The van der Waals surface area contributed by atoms with E-state index in [1.165, 1.54) is 23.3 Å². The maximum atomic E-state index is 12.0. The van der Waals surface area contributed by atoms with Crippen molar-refractivity contribution in [3.63, 3.8) is 0 Å². The number of thiophene rings is 1. The lowest BCUT2D eigenvalue weighted by atomic mass is 10.3. The molecule has 2 rings (SSSR count). The summed E-state index contributed by atoms with van der Waals surface area (Å²) in [6.45, 7) is 0.134. The first-order valence-corrected chi connectivity index (χ1v) is 6.43. The molecule has 2 aromatic heterocycles. The molecule has 2 heterocycles. The number of hydrogen-bond donors (Lipinski definition) is 1. The Morgan fingerprint density at radius 2 is 2.32 bits per heavy atom. The van der Waals surface area contributed by atoms with E-state index in [0.717, 1.165) is 4.88 Å². The molecule has 0 atom stereocenters. The van der Waals surface area contributed by atoms with Crippen LogP contribution in [0.25, 0.3) is 10.6 Å². The average Bonchev–Trinajstić information content (AvgIpc) is 3.04. The molecule has 6 nitrogen and oxygen atoms in total. The van der Waals surface area contributed by atoms with Gasteiger partial charge in [-0.05, 0) is 11.4 Å². The molecule has 0 radical (unpaired) electrons. The topological polar surface area (TPSA) is 83.6 Å². The van der Waals surface area contributed by atoms with Gasteiger partial charge in [0.2, 0.25) is 0 Å². The van der Waals surface area contributed by atoms with Crippen LogP contribution in [0.15, 0.2) is 28.1 Å². The van der Waals surface area contributed by atoms with Crippen LogP contribution >= 0.6 is 11.3 Å². The van der Waals surface area contributed by atoms with Crippen LogP contribution in [0, 0.1) is 0 Å². The Bertz CT molecular complexity index is 576. The number of aliphatic carboxylic acids is 1. The Labute approximate surface area is 113 Å². The van der Waals surface area contributed by atoms with Gasteiger partial charge in [0.05, 0.1) is 11.3 Å². The van der Waals surface area contributed by atoms with Crippen molar-refractivity contribution in [3.8, 4) is 10.6 Å². The number of hydrogen-bond acceptors (Lipinski definition) is 5. The van der Waals surface area contributed by atoms with Gasteiger partial charge < -0.3 is 14.5 Å². The molecule has 0 fully saturated rings. The first-order valence-electron chi connectivity index (χ1n) is 5.56. The second kappa shape index (κ2) is 5.66. The smallest absolute Gasteiger partial charge is 0.305 e. The Hall–Kier alpha value is -2.15. The Balaban J connectivity index is 2.06. The summed E-state index contributed by atoms with van der Waals surface area (Å²) < 4.78 is 5.10. The van der Waals surface area contributed by atoms with Crippen LogP contribution in [0.4, 0.5) is 0 Å². The molecular formula is C12H12N2O4S. The maximum Gasteiger partial charge on any atom is 0.305 e. The van der Waals surface area contributed by atoms with Crippen LogP contribution in [-0.4, -0.2) is 40.6 Å². The average molecular weight is 280 g/mol. The van der Waals surface area contributed by atoms with Gasteiger partial charge in [-0.25, -0.2) is 0 Å². The van der Waals surface area contributed by atoms with E-state index in [2.05, 4.69) is 5.16 Å². The van der Waals surface area contributed by atoms with Crippen molar-refractivity contribution in [2.75, 3.05) is 13.6 Å². The van der Waals surface area contributed by atoms with Crippen molar-refractivity contribution < 1.29 is 19.2 Å². The predicted octanol–water partition coefficient (Wildman–Crippen LogP) is 1.95. The zero-order chi connectivity index (χ0) is 13.8. The standard InChI is InChI=1S/C12H12N2O4S/c1-14(5-4-11(15)16)12(17)8-7-9(18-13-8)10-3-2-6-19-10/h2-3,6-7H,4-5H2,1H3,(H,15,16). The molecule has 7 heteroatoms. The third-order valence-electron chi connectivity index (χ3n) is 2.50. The zero-order valence-electron chi connectivity index (χ0n) is 10.2. The molecule has 0 aromatic carbocycles. The summed E-state index contributed by atoms with van der Waals surface area (Å²) >= 11 is 1.49. The van der Waals surface area contributed by atoms with E-state index in [4.69, 9.17) is 9.63 Å². The summed E-state index contributed by atoms with van der Waals surface area (Å²) in [7, 11) is 1.53. The number of carbonyl (C=O) groups excluding carboxylic acids is 1. The second-order valence-electron chi connectivity index (χ2n) is 3.92. The van der Waals surface area contributed by atoms with Crippen molar-refractivity contribution in [2.24, 2.45) is 0 Å². The Kier molecular flexibility index (Phi) is 3.96. The molecule has 0 saturated carbocycles. The van der Waals surface area contributed by atoms with E-state index in [1.807, 2.05) is 17.5 Å². The Morgan fingerprint density at radius 1 is 1.53 bits per heavy atom. The molecule has 1 amide bonds. The monoisotopic (exact) mass is 280 g/mol. The van der Waals surface area contributed by atoms with E-state index in [0.29, 0.717) is 5.76 Å². The molecule has 0 aliphatic heterocycles. The molecule has 0 unspecified atom stereocenters. The van der Waals surface area contributed by atoms with Gasteiger partial charge in [-0.1, -0.05) is 11.2 Å². The SMILES string of the molecule is CN(CCC(=O)O)C(=O)c1cc(-c2cccs2)on1. The van der Waals surface area contributed by atoms with E-state index in [-0.39, 0.29) is 24.6 Å². The number of rotatable bonds is 5. The fourth-order valence-electron chi connectivity index (χ4n) is 1.47. The van der Waals surface area contributed by atoms with Gasteiger partial charge in [0.25, 0.3) is 5.91 Å². The van der Waals surface area contributed by atoms with Crippen LogP contribution in [0.1, 0.15) is 16.9 Å². The molecule has 0 aliphatic rings. The summed E-state index contributed by atoms with van der Waals surface area (Å²) in [4.78, 5) is 24.6. The molecule has 100 valence electrons. The summed E-state index contributed by atoms with van der Waals surface area (Å²) in [5.74, 6) is -0.767. The van der Waals surface area contributed by atoms with Gasteiger partial charge in [0, 0.05) is 19.7 Å². The number of carboxylic acid groups (broad SMARTS) is 1. The Morgan fingerprint density at radius 3 is 2.95 bits per heavy atom. The fraction of sp³-hybridized carbons (Fsp3) is 0.250.